The molecule has 2 saturated heterocycles. The SMILES string of the molecule is O=C(OCCC12CC3CC=C1C(C3)C2)N1C[C@@H]2CN(C(=O)c3ccc4n[nH]nc4c3)C[C@@H]2C1. The molecule has 1 aromatic heterocycles. The predicted octanol–water partition coefficient (Wildman–Crippen LogP) is 3.23. The van der Waals surface area contributed by atoms with E-state index in [0.717, 1.165) is 23.8 Å². The number of aromatic nitrogens is 3. The average Bonchev–Trinajstić information content (AvgIpc) is 3.52. The number of amides is 2. The molecule has 172 valence electrons. The van der Waals surface area contributed by atoms with Gasteiger partial charge < -0.3 is 14.5 Å². The zero-order chi connectivity index (χ0) is 22.2. The number of benzene rings is 1. The molecule has 3 unspecified atom stereocenters. The summed E-state index contributed by atoms with van der Waals surface area (Å²) >= 11 is 0. The van der Waals surface area contributed by atoms with Gasteiger partial charge in [-0.15, -0.1) is 0 Å². The Labute approximate surface area is 192 Å². The van der Waals surface area contributed by atoms with Crippen LogP contribution in [-0.4, -0.2) is 70.0 Å². The van der Waals surface area contributed by atoms with Crippen LogP contribution >= 0.6 is 0 Å². The highest BCUT2D eigenvalue weighted by Gasteiger charge is 2.56. The Morgan fingerprint density at radius 1 is 1.06 bits per heavy atom. The van der Waals surface area contributed by atoms with Crippen molar-refractivity contribution in [3.05, 3.63) is 35.4 Å². The van der Waals surface area contributed by atoms with Crippen LogP contribution in [0.4, 0.5) is 4.79 Å². The van der Waals surface area contributed by atoms with E-state index in [2.05, 4.69) is 21.5 Å². The van der Waals surface area contributed by atoms with E-state index in [9.17, 15) is 9.59 Å². The number of carbonyl (C=O) groups is 2. The van der Waals surface area contributed by atoms with Crippen molar-refractivity contribution in [3.8, 4) is 0 Å². The number of H-pyrrole nitrogens is 1. The first kappa shape index (κ1) is 19.6. The molecule has 33 heavy (non-hydrogen) atoms. The van der Waals surface area contributed by atoms with Crippen molar-refractivity contribution in [1.29, 1.82) is 0 Å². The fourth-order valence-electron chi connectivity index (χ4n) is 7.54. The number of nitrogens with one attached hydrogen (secondary N) is 1. The molecule has 4 fully saturated rings. The fraction of sp³-hybridized carbons (Fsp3) is 0.600. The molecule has 0 spiro atoms. The van der Waals surface area contributed by atoms with Gasteiger partial charge in [0.05, 0.1) is 6.61 Å². The van der Waals surface area contributed by atoms with Crippen LogP contribution in [0.3, 0.4) is 0 Å². The topological polar surface area (TPSA) is 91.4 Å². The lowest BCUT2D eigenvalue weighted by Gasteiger charge is -2.61. The number of hydrogen-bond donors (Lipinski definition) is 1. The Kier molecular flexibility index (Phi) is 4.18. The zero-order valence-electron chi connectivity index (χ0n) is 18.7. The number of aromatic amines is 1. The molecule has 8 heteroatoms. The minimum atomic E-state index is -0.180. The van der Waals surface area contributed by atoms with Crippen LogP contribution < -0.4 is 0 Å². The van der Waals surface area contributed by atoms with E-state index >= 15 is 0 Å². The standard InChI is InChI=1S/C25H29N5O3/c31-23(16-2-4-21-22(8-16)27-28-26-21)29-11-18-13-30(14-19(18)12-29)24(32)33-6-5-25-9-15-1-3-20(25)17(7-15)10-25/h2-4,8,15,17-19H,1,5-7,9-14H2,(H,26,27,28)/t15?,17?,18-,19+,25?. The average molecular weight is 448 g/mol. The molecule has 2 saturated carbocycles. The summed E-state index contributed by atoms with van der Waals surface area (Å²) in [6, 6.07) is 5.42. The molecule has 2 aliphatic heterocycles. The first-order valence-corrected chi connectivity index (χ1v) is 12.3. The molecule has 2 aromatic rings. The monoisotopic (exact) mass is 447 g/mol. The van der Waals surface area contributed by atoms with Gasteiger partial charge in [-0.05, 0) is 67.6 Å². The van der Waals surface area contributed by atoms with Gasteiger partial charge in [-0.3, -0.25) is 4.79 Å². The molecule has 4 bridgehead atoms. The second-order valence-electron chi connectivity index (χ2n) is 10.9. The van der Waals surface area contributed by atoms with Crippen LogP contribution in [0.5, 0.6) is 0 Å². The van der Waals surface area contributed by atoms with E-state index in [4.69, 9.17) is 4.74 Å². The second kappa shape index (κ2) is 7.05. The summed E-state index contributed by atoms with van der Waals surface area (Å²) in [4.78, 5) is 29.5. The Hall–Kier alpha value is -2.90. The Bertz CT molecular complexity index is 1160. The van der Waals surface area contributed by atoms with Gasteiger partial charge in [0.2, 0.25) is 0 Å². The number of carbonyl (C=O) groups excluding carboxylic acids is 2. The molecule has 1 aromatic carbocycles. The Balaban J connectivity index is 0.918. The predicted molar refractivity (Wildman–Crippen MR) is 120 cm³/mol. The lowest BCUT2D eigenvalue weighted by molar-refractivity contribution is 0.00205. The summed E-state index contributed by atoms with van der Waals surface area (Å²) in [7, 11) is 0. The van der Waals surface area contributed by atoms with E-state index in [1.165, 1.54) is 25.7 Å². The lowest BCUT2D eigenvalue weighted by atomic mass is 9.44. The highest BCUT2D eigenvalue weighted by molar-refractivity contribution is 5.97. The molecule has 6 aliphatic rings. The van der Waals surface area contributed by atoms with Gasteiger partial charge in [-0.25, -0.2) is 4.79 Å². The quantitative estimate of drug-likeness (QED) is 0.727. The molecule has 8 rings (SSSR count). The van der Waals surface area contributed by atoms with E-state index in [1.54, 1.807) is 11.6 Å². The number of rotatable bonds is 4. The van der Waals surface area contributed by atoms with Gasteiger partial charge in [0.25, 0.3) is 5.91 Å². The molecule has 0 radical (unpaired) electrons. The number of fused-ring (bicyclic) bond motifs is 3. The maximum atomic E-state index is 13.0. The summed E-state index contributed by atoms with van der Waals surface area (Å²) in [5.41, 5.74) is 4.11. The Morgan fingerprint density at radius 2 is 1.85 bits per heavy atom. The van der Waals surface area contributed by atoms with Crippen LogP contribution in [0.2, 0.25) is 0 Å². The summed E-state index contributed by atoms with van der Waals surface area (Å²) in [5.74, 6) is 2.36. The van der Waals surface area contributed by atoms with Crippen molar-refractivity contribution < 1.29 is 14.3 Å². The van der Waals surface area contributed by atoms with E-state index in [1.807, 2.05) is 21.9 Å². The maximum absolute atomic E-state index is 13.0. The zero-order valence-corrected chi connectivity index (χ0v) is 18.7. The number of allylic oxidation sites excluding steroid dienone is 2. The van der Waals surface area contributed by atoms with E-state index in [0.29, 0.717) is 61.1 Å². The van der Waals surface area contributed by atoms with Crippen molar-refractivity contribution in [1.82, 2.24) is 25.2 Å². The van der Waals surface area contributed by atoms with Gasteiger partial charge in [-0.1, -0.05) is 11.6 Å². The van der Waals surface area contributed by atoms with Crippen LogP contribution in [0.25, 0.3) is 11.0 Å². The first-order valence-electron chi connectivity index (χ1n) is 12.3. The van der Waals surface area contributed by atoms with Crippen LogP contribution in [0.15, 0.2) is 29.8 Å². The summed E-state index contributed by atoms with van der Waals surface area (Å²) in [6.07, 6.45) is 8.53. The number of nitrogens with zero attached hydrogens (tertiary/aromatic N) is 4. The highest BCUT2D eigenvalue weighted by Crippen LogP contribution is 2.66. The maximum Gasteiger partial charge on any atom is 0.409 e. The van der Waals surface area contributed by atoms with Crippen LogP contribution in [0, 0.1) is 29.1 Å². The third-order valence-corrected chi connectivity index (χ3v) is 9.06. The number of ether oxygens (including phenoxy) is 1. The van der Waals surface area contributed by atoms with Gasteiger partial charge in [0, 0.05) is 43.6 Å². The molecule has 3 heterocycles. The summed E-state index contributed by atoms with van der Waals surface area (Å²) < 4.78 is 5.73. The van der Waals surface area contributed by atoms with Crippen molar-refractivity contribution in [3.63, 3.8) is 0 Å². The third kappa shape index (κ3) is 3.02. The van der Waals surface area contributed by atoms with Crippen molar-refractivity contribution in [2.75, 3.05) is 32.8 Å². The third-order valence-electron chi connectivity index (χ3n) is 9.06. The molecule has 8 nitrogen and oxygen atoms in total. The van der Waals surface area contributed by atoms with Crippen LogP contribution in [-0.2, 0) is 4.74 Å². The normalized spacial score (nSPS) is 33.8. The first-order chi connectivity index (χ1) is 16.1. The molecule has 1 N–H and O–H groups in total. The largest absolute Gasteiger partial charge is 0.449 e. The second-order valence-corrected chi connectivity index (χ2v) is 10.9. The minimum absolute atomic E-state index is 0.0255. The van der Waals surface area contributed by atoms with Gasteiger partial charge in [-0.2, -0.15) is 15.4 Å². The number of likely N-dealkylation sites (tertiary alicyclic amines) is 2. The molecular weight excluding hydrogens is 418 g/mol. The smallest absolute Gasteiger partial charge is 0.409 e. The van der Waals surface area contributed by atoms with Gasteiger partial charge in [0.15, 0.2) is 0 Å². The molecule has 2 amide bonds. The van der Waals surface area contributed by atoms with Crippen molar-refractivity contribution in [2.24, 2.45) is 29.1 Å². The Morgan fingerprint density at radius 3 is 2.61 bits per heavy atom. The number of hydrogen-bond acceptors (Lipinski definition) is 5. The van der Waals surface area contributed by atoms with Crippen LogP contribution in [0.1, 0.15) is 42.5 Å². The molecule has 5 atom stereocenters. The summed E-state index contributed by atoms with van der Waals surface area (Å²) in [6.45, 7) is 3.25. The summed E-state index contributed by atoms with van der Waals surface area (Å²) in [5, 5.41) is 10.7. The molecular formula is C25H29N5O3. The highest BCUT2D eigenvalue weighted by atomic mass is 16.6. The molecule has 4 aliphatic carbocycles. The van der Waals surface area contributed by atoms with Crippen molar-refractivity contribution >= 4 is 23.0 Å². The fourth-order valence-corrected chi connectivity index (χ4v) is 7.54. The lowest BCUT2D eigenvalue weighted by Crippen LogP contribution is -2.50. The van der Waals surface area contributed by atoms with Crippen molar-refractivity contribution in [2.45, 2.75) is 32.1 Å². The van der Waals surface area contributed by atoms with E-state index < -0.39 is 0 Å². The van der Waals surface area contributed by atoms with Gasteiger partial charge in [0.1, 0.15) is 11.0 Å². The minimum Gasteiger partial charge on any atom is -0.449 e. The van der Waals surface area contributed by atoms with Gasteiger partial charge >= 0.3 is 6.09 Å². The van der Waals surface area contributed by atoms with E-state index in [-0.39, 0.29) is 12.0 Å².